The number of halogens is 1. The first-order chi connectivity index (χ1) is 6.54. The molecule has 2 atom stereocenters. The Morgan fingerprint density at radius 3 is 2.57 bits per heavy atom. The molecule has 0 aromatic heterocycles. The Morgan fingerprint density at radius 2 is 2.07 bits per heavy atom. The molecule has 1 aromatic carbocycles. The van der Waals surface area contributed by atoms with E-state index in [2.05, 4.69) is 0 Å². The smallest absolute Gasteiger partial charge is 0.240 e. The molecular weight excluding hydrogens is 189 g/mol. The van der Waals surface area contributed by atoms with Crippen LogP contribution in [0.5, 0.6) is 0 Å². The Labute approximate surface area is 80.1 Å². The second-order valence-corrected chi connectivity index (χ2v) is 2.99. The molecule has 4 nitrogen and oxygen atoms in total. The number of benzene rings is 1. The number of hydrogen-bond donors (Lipinski definition) is 1. The predicted molar refractivity (Wildman–Crippen MR) is 47.8 cm³/mol. The molecule has 0 bridgehead atoms. The van der Waals surface area contributed by atoms with Crippen molar-refractivity contribution in [2.24, 2.45) is 0 Å². The lowest BCUT2D eigenvalue weighted by molar-refractivity contribution is -0.531. The molecule has 0 saturated carbocycles. The Kier molecular flexibility index (Phi) is 3.14. The third-order valence-corrected chi connectivity index (χ3v) is 2.01. The number of aliphatic hydroxyl groups excluding tert-OH is 1. The zero-order chi connectivity index (χ0) is 10.7. The van der Waals surface area contributed by atoms with E-state index in [1.807, 2.05) is 0 Å². The average Bonchev–Trinajstić information content (AvgIpc) is 2.16. The van der Waals surface area contributed by atoms with Gasteiger partial charge in [-0.2, -0.15) is 0 Å². The summed E-state index contributed by atoms with van der Waals surface area (Å²) in [6.45, 7) is 1.23. The van der Waals surface area contributed by atoms with Gasteiger partial charge >= 0.3 is 0 Å². The Balaban J connectivity index is 2.94. The fourth-order valence-electron chi connectivity index (χ4n) is 1.09. The van der Waals surface area contributed by atoms with Crippen LogP contribution in [0.15, 0.2) is 24.3 Å². The van der Waals surface area contributed by atoms with E-state index in [4.69, 9.17) is 0 Å². The standard InChI is InChI=1S/C9H10FNO3/c1-6(11(13)14)9(12)7-4-2-3-5-8(7)10/h2-6,9,12H,1H3/t6-,9+/m0/s1. The summed E-state index contributed by atoms with van der Waals surface area (Å²) in [5, 5.41) is 19.8. The van der Waals surface area contributed by atoms with Crippen molar-refractivity contribution in [1.29, 1.82) is 0 Å². The van der Waals surface area contributed by atoms with Gasteiger partial charge in [-0.1, -0.05) is 18.2 Å². The highest BCUT2D eigenvalue weighted by Crippen LogP contribution is 2.20. The first-order valence-corrected chi connectivity index (χ1v) is 4.10. The van der Waals surface area contributed by atoms with Crippen molar-refractivity contribution in [2.45, 2.75) is 19.1 Å². The number of nitrogens with zero attached hydrogens (tertiary/aromatic N) is 1. The van der Waals surface area contributed by atoms with Crippen LogP contribution in [-0.4, -0.2) is 16.1 Å². The molecule has 0 spiro atoms. The van der Waals surface area contributed by atoms with E-state index >= 15 is 0 Å². The molecule has 0 saturated heterocycles. The molecular formula is C9H10FNO3. The van der Waals surface area contributed by atoms with E-state index in [0.717, 1.165) is 6.07 Å². The molecule has 0 aliphatic carbocycles. The van der Waals surface area contributed by atoms with Gasteiger partial charge in [-0.25, -0.2) is 4.39 Å². The average molecular weight is 199 g/mol. The van der Waals surface area contributed by atoms with Gasteiger partial charge in [0.1, 0.15) is 11.9 Å². The summed E-state index contributed by atoms with van der Waals surface area (Å²) in [5.74, 6) is -0.631. The third kappa shape index (κ3) is 2.05. The van der Waals surface area contributed by atoms with Crippen molar-refractivity contribution in [3.63, 3.8) is 0 Å². The maximum absolute atomic E-state index is 13.1. The van der Waals surface area contributed by atoms with Gasteiger partial charge in [0.2, 0.25) is 6.04 Å². The van der Waals surface area contributed by atoms with Gasteiger partial charge in [-0.15, -0.1) is 0 Å². The Bertz CT molecular complexity index is 343. The van der Waals surface area contributed by atoms with E-state index in [-0.39, 0.29) is 5.56 Å². The first kappa shape index (κ1) is 10.6. The lowest BCUT2D eigenvalue weighted by Gasteiger charge is -2.12. The molecule has 1 rings (SSSR count). The first-order valence-electron chi connectivity index (χ1n) is 4.10. The fourth-order valence-corrected chi connectivity index (χ4v) is 1.09. The van der Waals surface area contributed by atoms with E-state index in [0.29, 0.717) is 0 Å². The van der Waals surface area contributed by atoms with E-state index < -0.39 is 22.9 Å². The normalized spacial score (nSPS) is 14.8. The van der Waals surface area contributed by atoms with E-state index in [1.165, 1.54) is 25.1 Å². The fraction of sp³-hybridized carbons (Fsp3) is 0.333. The zero-order valence-electron chi connectivity index (χ0n) is 7.55. The van der Waals surface area contributed by atoms with Gasteiger partial charge < -0.3 is 5.11 Å². The van der Waals surface area contributed by atoms with Crippen molar-refractivity contribution in [3.05, 3.63) is 45.8 Å². The molecule has 1 N–H and O–H groups in total. The second kappa shape index (κ2) is 4.15. The quantitative estimate of drug-likeness (QED) is 0.593. The molecule has 76 valence electrons. The molecule has 0 aliphatic rings. The topological polar surface area (TPSA) is 63.4 Å². The van der Waals surface area contributed by atoms with Gasteiger partial charge in [0.15, 0.2) is 0 Å². The molecule has 0 aliphatic heterocycles. The van der Waals surface area contributed by atoms with Crippen LogP contribution in [0, 0.1) is 15.9 Å². The lowest BCUT2D eigenvalue weighted by Crippen LogP contribution is -2.24. The minimum absolute atomic E-state index is 0.0447. The monoisotopic (exact) mass is 199 g/mol. The van der Waals surface area contributed by atoms with Crippen LogP contribution in [0.1, 0.15) is 18.6 Å². The summed E-state index contributed by atoms with van der Waals surface area (Å²) in [4.78, 5) is 9.71. The molecule has 14 heavy (non-hydrogen) atoms. The highest BCUT2D eigenvalue weighted by Gasteiger charge is 2.27. The zero-order valence-corrected chi connectivity index (χ0v) is 7.55. The summed E-state index contributed by atoms with van der Waals surface area (Å²) in [5.41, 5.74) is -0.0447. The molecule has 1 aromatic rings. The van der Waals surface area contributed by atoms with Gasteiger partial charge in [0, 0.05) is 17.4 Å². The molecule has 0 radical (unpaired) electrons. The molecule has 0 heterocycles. The minimum atomic E-state index is -1.41. The van der Waals surface area contributed by atoms with Crippen LogP contribution in [0.25, 0.3) is 0 Å². The molecule has 0 fully saturated rings. The highest BCUT2D eigenvalue weighted by molar-refractivity contribution is 5.20. The maximum atomic E-state index is 13.1. The SMILES string of the molecule is C[C@@H]([C@@H](O)c1ccccc1F)[N+](=O)[O-]. The van der Waals surface area contributed by atoms with E-state index in [1.54, 1.807) is 0 Å². The lowest BCUT2D eigenvalue weighted by atomic mass is 10.0. The number of aliphatic hydroxyl groups is 1. The molecule has 0 unspecified atom stereocenters. The van der Waals surface area contributed by atoms with Crippen LogP contribution in [0.3, 0.4) is 0 Å². The van der Waals surface area contributed by atoms with Crippen LogP contribution >= 0.6 is 0 Å². The molecule has 0 amide bonds. The summed E-state index contributed by atoms with van der Waals surface area (Å²) in [7, 11) is 0. The summed E-state index contributed by atoms with van der Waals surface area (Å²) >= 11 is 0. The largest absolute Gasteiger partial charge is 0.381 e. The molecule has 5 heteroatoms. The van der Waals surface area contributed by atoms with Crippen LogP contribution in [0.2, 0.25) is 0 Å². The number of nitro groups is 1. The van der Waals surface area contributed by atoms with E-state index in [9.17, 15) is 19.6 Å². The summed E-state index contributed by atoms with van der Waals surface area (Å²) in [6, 6.07) is 4.26. The maximum Gasteiger partial charge on any atom is 0.240 e. The van der Waals surface area contributed by atoms with Crippen molar-refractivity contribution < 1.29 is 14.4 Å². The van der Waals surface area contributed by atoms with Crippen molar-refractivity contribution in [1.82, 2.24) is 0 Å². The second-order valence-electron chi connectivity index (χ2n) is 2.99. The predicted octanol–water partition coefficient (Wildman–Crippen LogP) is 1.52. The number of hydrogen-bond acceptors (Lipinski definition) is 3. The summed E-state index contributed by atoms with van der Waals surface area (Å²) < 4.78 is 13.1. The van der Waals surface area contributed by atoms with Crippen molar-refractivity contribution in [3.8, 4) is 0 Å². The Morgan fingerprint density at radius 1 is 1.50 bits per heavy atom. The van der Waals surface area contributed by atoms with Crippen LogP contribution in [0.4, 0.5) is 4.39 Å². The van der Waals surface area contributed by atoms with Crippen molar-refractivity contribution >= 4 is 0 Å². The van der Waals surface area contributed by atoms with Gasteiger partial charge in [-0.05, 0) is 6.07 Å². The van der Waals surface area contributed by atoms with Gasteiger partial charge in [0.05, 0.1) is 0 Å². The van der Waals surface area contributed by atoms with Gasteiger partial charge in [0.25, 0.3) is 0 Å². The van der Waals surface area contributed by atoms with Gasteiger partial charge in [-0.3, -0.25) is 10.1 Å². The Hall–Kier alpha value is -1.49. The minimum Gasteiger partial charge on any atom is -0.381 e. The highest BCUT2D eigenvalue weighted by atomic mass is 19.1. The van der Waals surface area contributed by atoms with Crippen molar-refractivity contribution in [2.75, 3.05) is 0 Å². The third-order valence-electron chi connectivity index (χ3n) is 2.01. The number of rotatable bonds is 3. The van der Waals surface area contributed by atoms with Crippen LogP contribution in [-0.2, 0) is 0 Å². The summed E-state index contributed by atoms with van der Waals surface area (Å²) in [6.07, 6.45) is -1.41. The van der Waals surface area contributed by atoms with Crippen LogP contribution < -0.4 is 0 Å².